The number of carbonyl (C=O) groups excluding carboxylic acids is 1. The van der Waals surface area contributed by atoms with Gasteiger partial charge in [0.1, 0.15) is 5.78 Å². The predicted molar refractivity (Wildman–Crippen MR) is 142 cm³/mol. The van der Waals surface area contributed by atoms with Crippen LogP contribution in [0.2, 0.25) is 0 Å². The van der Waals surface area contributed by atoms with E-state index >= 15 is 0 Å². The van der Waals surface area contributed by atoms with Crippen molar-refractivity contribution >= 4 is 22.5 Å². The fourth-order valence-corrected chi connectivity index (χ4v) is 5.15. The molecule has 0 amide bonds. The lowest BCUT2D eigenvalue weighted by atomic mass is 9.98. The van der Waals surface area contributed by atoms with E-state index in [1.807, 2.05) is 42.5 Å². The molecule has 0 radical (unpaired) electrons. The summed E-state index contributed by atoms with van der Waals surface area (Å²) >= 11 is 0. The number of hydrogen-bond acceptors (Lipinski definition) is 2. The van der Waals surface area contributed by atoms with E-state index in [9.17, 15) is 35.3 Å². The molecule has 4 aromatic carbocycles. The molecule has 208 valence electrons. The van der Waals surface area contributed by atoms with Crippen molar-refractivity contribution in [3.8, 4) is 11.1 Å². The van der Waals surface area contributed by atoms with Crippen molar-refractivity contribution in [1.29, 1.82) is 0 Å². The molecule has 0 saturated heterocycles. The molecule has 0 saturated carbocycles. The zero-order valence-electron chi connectivity index (χ0n) is 20.9. The zero-order valence-corrected chi connectivity index (χ0v) is 21.7. The Morgan fingerprint density at radius 2 is 1.27 bits per heavy atom. The molecule has 0 bridgehead atoms. The maximum atomic E-state index is 13.1. The molecule has 0 fully saturated rings. The van der Waals surface area contributed by atoms with Gasteiger partial charge in [0.05, 0.1) is 16.0 Å². The quantitative estimate of drug-likeness (QED) is 0.204. The third-order valence-electron chi connectivity index (χ3n) is 6.08. The molecular formula is C30H23F6NO2S. The van der Waals surface area contributed by atoms with Crippen molar-refractivity contribution in [3.05, 3.63) is 119 Å². The van der Waals surface area contributed by atoms with Crippen LogP contribution in [-0.4, -0.2) is 9.99 Å². The molecule has 0 heterocycles. The molecule has 1 N–H and O–H groups in total. The number of hydrogen-bond donors (Lipinski definition) is 1. The molecule has 40 heavy (non-hydrogen) atoms. The molecule has 1 unspecified atom stereocenters. The molecule has 0 spiro atoms. The van der Waals surface area contributed by atoms with E-state index in [0.29, 0.717) is 28.3 Å². The summed E-state index contributed by atoms with van der Waals surface area (Å²) in [6.07, 6.45) is -10.4. The number of alkyl halides is 6. The van der Waals surface area contributed by atoms with Gasteiger partial charge in [-0.3, -0.25) is 4.79 Å². The van der Waals surface area contributed by atoms with Crippen LogP contribution in [0.5, 0.6) is 0 Å². The van der Waals surface area contributed by atoms with Crippen molar-refractivity contribution in [3.63, 3.8) is 0 Å². The lowest BCUT2D eigenvalue weighted by Crippen LogP contribution is -2.12. The van der Waals surface area contributed by atoms with Gasteiger partial charge in [-0.15, -0.1) is 0 Å². The number of anilines is 1. The highest BCUT2D eigenvalue weighted by Gasteiger charge is 2.36. The van der Waals surface area contributed by atoms with Crippen molar-refractivity contribution in [1.82, 2.24) is 0 Å². The van der Waals surface area contributed by atoms with Gasteiger partial charge in [0, 0.05) is 18.5 Å². The molecule has 0 aromatic heterocycles. The Morgan fingerprint density at radius 3 is 1.88 bits per heavy atom. The van der Waals surface area contributed by atoms with Crippen LogP contribution in [0.3, 0.4) is 0 Å². The van der Waals surface area contributed by atoms with Crippen LogP contribution in [-0.2, 0) is 41.0 Å². The SMILES string of the molecule is O=C(CCc1cc(C(F)(F)F)cc(C(F)(F)F)c1)Cc1ccc(NS(=O)c2ccccc2-c2ccccc2)cc1. The third kappa shape index (κ3) is 7.59. The van der Waals surface area contributed by atoms with E-state index in [2.05, 4.69) is 4.72 Å². The minimum atomic E-state index is -4.94. The van der Waals surface area contributed by atoms with E-state index in [0.717, 1.165) is 11.1 Å². The molecule has 0 aliphatic carbocycles. The summed E-state index contributed by atoms with van der Waals surface area (Å²) in [5, 5.41) is 0. The normalized spacial score (nSPS) is 12.7. The summed E-state index contributed by atoms with van der Waals surface area (Å²) < 4.78 is 94.4. The molecule has 3 nitrogen and oxygen atoms in total. The Bertz CT molecular complexity index is 1470. The van der Waals surface area contributed by atoms with Crippen LogP contribution in [0.25, 0.3) is 11.1 Å². The van der Waals surface area contributed by atoms with Crippen molar-refractivity contribution in [2.45, 2.75) is 36.5 Å². The van der Waals surface area contributed by atoms with E-state index in [1.165, 1.54) is 0 Å². The highest BCUT2D eigenvalue weighted by molar-refractivity contribution is 7.86. The predicted octanol–water partition coefficient (Wildman–Crippen LogP) is 8.27. The topological polar surface area (TPSA) is 46.2 Å². The van der Waals surface area contributed by atoms with Gasteiger partial charge in [0.25, 0.3) is 0 Å². The van der Waals surface area contributed by atoms with E-state index in [-0.39, 0.29) is 36.7 Å². The summed E-state index contributed by atoms with van der Waals surface area (Å²) in [4.78, 5) is 13.1. The van der Waals surface area contributed by atoms with Crippen molar-refractivity contribution in [2.24, 2.45) is 0 Å². The van der Waals surface area contributed by atoms with Gasteiger partial charge in [-0.2, -0.15) is 26.3 Å². The van der Waals surface area contributed by atoms with Crippen LogP contribution in [0.1, 0.15) is 28.7 Å². The van der Waals surface area contributed by atoms with Crippen LogP contribution >= 0.6 is 0 Å². The monoisotopic (exact) mass is 575 g/mol. The second-order valence-electron chi connectivity index (χ2n) is 9.06. The average molecular weight is 576 g/mol. The zero-order chi connectivity index (χ0) is 28.9. The Balaban J connectivity index is 1.38. The van der Waals surface area contributed by atoms with Gasteiger partial charge in [-0.25, -0.2) is 4.21 Å². The maximum Gasteiger partial charge on any atom is 0.416 e. The number of aryl methyl sites for hydroxylation is 1. The summed E-state index contributed by atoms with van der Waals surface area (Å²) in [6, 6.07) is 24.7. The highest BCUT2D eigenvalue weighted by atomic mass is 32.2. The maximum absolute atomic E-state index is 13.1. The minimum absolute atomic E-state index is 0.0503. The van der Waals surface area contributed by atoms with Crippen molar-refractivity contribution < 1.29 is 35.3 Å². The van der Waals surface area contributed by atoms with Crippen LogP contribution in [0.15, 0.2) is 102 Å². The number of benzene rings is 4. The van der Waals surface area contributed by atoms with E-state index in [1.54, 1.807) is 36.4 Å². The number of halogens is 6. The number of carbonyl (C=O) groups is 1. The van der Waals surface area contributed by atoms with Crippen LogP contribution in [0.4, 0.5) is 32.0 Å². The Hall–Kier alpha value is -3.92. The first-order chi connectivity index (χ1) is 18.9. The molecule has 0 aliphatic rings. The van der Waals surface area contributed by atoms with Crippen molar-refractivity contribution in [2.75, 3.05) is 4.72 Å². The summed E-state index contributed by atoms with van der Waals surface area (Å²) in [6.45, 7) is 0. The van der Waals surface area contributed by atoms with E-state index < -0.39 is 34.5 Å². The van der Waals surface area contributed by atoms with E-state index in [4.69, 9.17) is 0 Å². The Kier molecular flexibility index (Phi) is 8.78. The number of Topliss-reactive ketones (excluding diaryl/α,β-unsaturated/α-hetero) is 1. The number of rotatable bonds is 9. The van der Waals surface area contributed by atoms with Gasteiger partial charge in [-0.05, 0) is 65.1 Å². The molecule has 10 heteroatoms. The van der Waals surface area contributed by atoms with Gasteiger partial charge in [-0.1, -0.05) is 60.7 Å². The Morgan fingerprint density at radius 1 is 0.700 bits per heavy atom. The fraction of sp³-hybridized carbons (Fsp3) is 0.167. The summed E-state index contributed by atoms with van der Waals surface area (Å²) in [5.41, 5.74) is -0.144. The molecule has 0 aliphatic heterocycles. The second-order valence-corrected chi connectivity index (χ2v) is 10.2. The van der Waals surface area contributed by atoms with Crippen LogP contribution < -0.4 is 4.72 Å². The number of nitrogens with one attached hydrogen (secondary N) is 1. The summed E-state index contributed by atoms with van der Waals surface area (Å²) in [7, 11) is -1.58. The van der Waals surface area contributed by atoms with Gasteiger partial charge in [0.15, 0.2) is 11.0 Å². The first kappa shape index (κ1) is 29.1. The molecular weight excluding hydrogens is 552 g/mol. The molecule has 4 rings (SSSR count). The highest BCUT2D eigenvalue weighted by Crippen LogP contribution is 2.36. The smallest absolute Gasteiger partial charge is 0.301 e. The minimum Gasteiger partial charge on any atom is -0.301 e. The second kappa shape index (κ2) is 12.1. The van der Waals surface area contributed by atoms with Gasteiger partial charge < -0.3 is 4.72 Å². The average Bonchev–Trinajstić information content (AvgIpc) is 2.92. The fourth-order valence-electron chi connectivity index (χ4n) is 4.10. The van der Waals surface area contributed by atoms with Crippen LogP contribution in [0, 0.1) is 0 Å². The molecule has 1 atom stereocenters. The summed E-state index contributed by atoms with van der Waals surface area (Å²) in [5.74, 6) is -0.341. The largest absolute Gasteiger partial charge is 0.416 e. The lowest BCUT2D eigenvalue weighted by Gasteiger charge is -2.14. The van der Waals surface area contributed by atoms with Gasteiger partial charge in [0.2, 0.25) is 0 Å². The lowest BCUT2D eigenvalue weighted by molar-refractivity contribution is -0.143. The number of ketones is 1. The molecule has 4 aromatic rings. The Labute approximate surface area is 229 Å². The first-order valence-corrected chi connectivity index (χ1v) is 13.3. The first-order valence-electron chi connectivity index (χ1n) is 12.1. The third-order valence-corrected chi connectivity index (χ3v) is 7.25. The van der Waals surface area contributed by atoms with Gasteiger partial charge >= 0.3 is 12.4 Å². The standard InChI is InChI=1S/C30H23F6NO2S/c31-29(32,33)23-16-21(17-24(19-23)30(34,35)36)12-15-26(38)18-20-10-13-25(14-11-20)37-40(39)28-9-5-4-8-27(28)22-6-2-1-3-7-22/h1-11,13-14,16-17,19,37H,12,15,18H2.